The molecule has 0 bridgehead atoms. The van der Waals surface area contributed by atoms with Gasteiger partial charge in [0.1, 0.15) is 5.54 Å². The summed E-state index contributed by atoms with van der Waals surface area (Å²) >= 11 is 0. The van der Waals surface area contributed by atoms with Gasteiger partial charge in [0.25, 0.3) is 0 Å². The van der Waals surface area contributed by atoms with Gasteiger partial charge in [0, 0.05) is 38.3 Å². The van der Waals surface area contributed by atoms with Crippen LogP contribution in [0.1, 0.15) is 33.1 Å². The highest BCUT2D eigenvalue weighted by atomic mass is 16.4. The molecule has 1 aliphatic carbocycles. The lowest BCUT2D eigenvalue weighted by Crippen LogP contribution is -2.56. The summed E-state index contributed by atoms with van der Waals surface area (Å²) in [5.74, 6) is -0.722. The molecule has 0 aromatic rings. The lowest BCUT2D eigenvalue weighted by atomic mass is 9.92. The largest absolute Gasteiger partial charge is 0.480 e. The molecule has 2 fully saturated rings. The van der Waals surface area contributed by atoms with Gasteiger partial charge < -0.3 is 10.0 Å². The topological polar surface area (TPSA) is 55.8 Å². The molecule has 0 aromatic heterocycles. The van der Waals surface area contributed by atoms with Crippen molar-refractivity contribution in [3.05, 3.63) is 0 Å². The van der Waals surface area contributed by atoms with E-state index in [1.807, 2.05) is 6.92 Å². The number of hydrogen-bond acceptors (Lipinski definition) is 4. The summed E-state index contributed by atoms with van der Waals surface area (Å²) in [5, 5.41) is 12.8. The molecule has 1 saturated heterocycles. The van der Waals surface area contributed by atoms with Crippen molar-refractivity contribution in [2.45, 2.75) is 50.7 Å². The normalized spacial score (nSPS) is 26.9. The van der Waals surface area contributed by atoms with Crippen LogP contribution in [-0.4, -0.2) is 71.7 Å². The minimum absolute atomic E-state index is 0.307. The van der Waals surface area contributed by atoms with E-state index in [4.69, 9.17) is 0 Å². The summed E-state index contributed by atoms with van der Waals surface area (Å²) in [6, 6.07) is 0.724. The Balaban J connectivity index is 1.90. The van der Waals surface area contributed by atoms with Crippen LogP contribution in [0.25, 0.3) is 0 Å². The SMILES string of the molecule is CC(CC(C)(NC1CC1)C(=O)O)N1CCN(C)CC1. The molecule has 2 unspecified atom stereocenters. The predicted octanol–water partition coefficient (Wildman–Crippen LogP) is 0.608. The van der Waals surface area contributed by atoms with Crippen LogP contribution in [0, 0.1) is 0 Å². The van der Waals surface area contributed by atoms with Crippen LogP contribution in [0.3, 0.4) is 0 Å². The molecule has 2 atom stereocenters. The Labute approximate surface area is 115 Å². The quantitative estimate of drug-likeness (QED) is 0.740. The van der Waals surface area contributed by atoms with Crippen LogP contribution >= 0.6 is 0 Å². The molecule has 110 valence electrons. The predicted molar refractivity (Wildman–Crippen MR) is 75.3 cm³/mol. The van der Waals surface area contributed by atoms with E-state index < -0.39 is 11.5 Å². The average Bonchev–Trinajstić information content (AvgIpc) is 3.13. The maximum Gasteiger partial charge on any atom is 0.323 e. The molecule has 1 heterocycles. The smallest absolute Gasteiger partial charge is 0.323 e. The standard InChI is InChI=1S/C14H27N3O2/c1-11(17-8-6-16(3)7-9-17)10-14(2,13(18)19)15-12-4-5-12/h11-12,15H,4-10H2,1-3H3,(H,18,19). The van der Waals surface area contributed by atoms with Gasteiger partial charge in [-0.3, -0.25) is 15.0 Å². The molecule has 2 aliphatic rings. The van der Waals surface area contributed by atoms with Gasteiger partial charge in [-0.1, -0.05) is 0 Å². The first-order chi connectivity index (χ1) is 8.90. The molecule has 0 spiro atoms. The van der Waals surface area contributed by atoms with E-state index in [0.717, 1.165) is 39.0 Å². The van der Waals surface area contributed by atoms with Crippen LogP contribution in [0.2, 0.25) is 0 Å². The number of carbonyl (C=O) groups is 1. The van der Waals surface area contributed by atoms with E-state index in [0.29, 0.717) is 18.5 Å². The zero-order chi connectivity index (χ0) is 14.0. The lowest BCUT2D eigenvalue weighted by molar-refractivity contribution is -0.145. The Morgan fingerprint density at radius 2 is 1.95 bits per heavy atom. The van der Waals surface area contributed by atoms with Gasteiger partial charge >= 0.3 is 5.97 Å². The zero-order valence-electron chi connectivity index (χ0n) is 12.4. The monoisotopic (exact) mass is 269 g/mol. The van der Waals surface area contributed by atoms with Crippen molar-refractivity contribution in [2.75, 3.05) is 33.2 Å². The van der Waals surface area contributed by atoms with Crippen LogP contribution in [0.4, 0.5) is 0 Å². The fourth-order valence-corrected chi connectivity index (χ4v) is 2.87. The molecule has 5 nitrogen and oxygen atoms in total. The molecule has 0 radical (unpaired) electrons. The van der Waals surface area contributed by atoms with Crippen molar-refractivity contribution in [1.29, 1.82) is 0 Å². The molecule has 1 aliphatic heterocycles. The van der Waals surface area contributed by atoms with Gasteiger partial charge in [-0.15, -0.1) is 0 Å². The molecule has 1 saturated carbocycles. The third kappa shape index (κ3) is 3.91. The van der Waals surface area contributed by atoms with E-state index in [2.05, 4.69) is 29.1 Å². The summed E-state index contributed by atoms with van der Waals surface area (Å²) < 4.78 is 0. The van der Waals surface area contributed by atoms with Gasteiger partial charge in [0.2, 0.25) is 0 Å². The molecule has 0 aromatic carbocycles. The third-order valence-corrected chi connectivity index (χ3v) is 4.44. The first kappa shape index (κ1) is 14.8. The number of piperazine rings is 1. The fourth-order valence-electron chi connectivity index (χ4n) is 2.87. The van der Waals surface area contributed by atoms with Crippen molar-refractivity contribution in [1.82, 2.24) is 15.1 Å². The van der Waals surface area contributed by atoms with E-state index in [1.165, 1.54) is 0 Å². The summed E-state index contributed by atoms with van der Waals surface area (Å²) in [4.78, 5) is 16.3. The van der Waals surface area contributed by atoms with Crippen molar-refractivity contribution in [3.63, 3.8) is 0 Å². The summed E-state index contributed by atoms with van der Waals surface area (Å²) in [7, 11) is 2.14. The summed E-state index contributed by atoms with van der Waals surface area (Å²) in [5.41, 5.74) is -0.788. The number of aliphatic carboxylic acids is 1. The van der Waals surface area contributed by atoms with E-state index >= 15 is 0 Å². The molecule has 2 rings (SSSR count). The van der Waals surface area contributed by atoms with Gasteiger partial charge in [0.15, 0.2) is 0 Å². The second kappa shape index (κ2) is 5.77. The highest BCUT2D eigenvalue weighted by Crippen LogP contribution is 2.26. The maximum atomic E-state index is 11.6. The van der Waals surface area contributed by atoms with Crippen molar-refractivity contribution >= 4 is 5.97 Å². The summed E-state index contributed by atoms with van der Waals surface area (Å²) in [6.45, 7) is 8.21. The molecule has 5 heteroatoms. The number of carboxylic acids is 1. The van der Waals surface area contributed by atoms with Crippen LogP contribution < -0.4 is 5.32 Å². The number of carboxylic acid groups (broad SMARTS) is 1. The Kier molecular flexibility index (Phi) is 4.48. The minimum Gasteiger partial charge on any atom is -0.480 e. The first-order valence-electron chi connectivity index (χ1n) is 7.34. The Bertz CT molecular complexity index is 325. The summed E-state index contributed by atoms with van der Waals surface area (Å²) in [6.07, 6.45) is 2.90. The molecule has 0 amide bonds. The maximum absolute atomic E-state index is 11.6. The molecule has 19 heavy (non-hydrogen) atoms. The fraction of sp³-hybridized carbons (Fsp3) is 0.929. The number of likely N-dealkylation sites (N-methyl/N-ethyl adjacent to an activating group) is 1. The van der Waals surface area contributed by atoms with Gasteiger partial charge in [0.05, 0.1) is 0 Å². The Morgan fingerprint density at radius 1 is 1.37 bits per heavy atom. The highest BCUT2D eigenvalue weighted by Gasteiger charge is 2.40. The van der Waals surface area contributed by atoms with Gasteiger partial charge in [-0.05, 0) is 40.2 Å². The second-order valence-electron chi connectivity index (χ2n) is 6.45. The Morgan fingerprint density at radius 3 is 2.42 bits per heavy atom. The van der Waals surface area contributed by atoms with E-state index in [-0.39, 0.29) is 0 Å². The number of rotatable bonds is 6. The van der Waals surface area contributed by atoms with Crippen LogP contribution in [0.5, 0.6) is 0 Å². The molecular weight excluding hydrogens is 242 g/mol. The first-order valence-corrected chi connectivity index (χ1v) is 7.34. The van der Waals surface area contributed by atoms with Crippen LogP contribution in [-0.2, 0) is 4.79 Å². The van der Waals surface area contributed by atoms with Gasteiger partial charge in [-0.25, -0.2) is 0 Å². The van der Waals surface area contributed by atoms with Crippen molar-refractivity contribution < 1.29 is 9.90 Å². The van der Waals surface area contributed by atoms with Crippen molar-refractivity contribution in [2.24, 2.45) is 0 Å². The van der Waals surface area contributed by atoms with E-state index in [1.54, 1.807) is 0 Å². The molecular formula is C14H27N3O2. The van der Waals surface area contributed by atoms with Crippen LogP contribution in [0.15, 0.2) is 0 Å². The van der Waals surface area contributed by atoms with Crippen molar-refractivity contribution in [3.8, 4) is 0 Å². The number of nitrogens with zero attached hydrogens (tertiary/aromatic N) is 2. The van der Waals surface area contributed by atoms with E-state index in [9.17, 15) is 9.90 Å². The lowest BCUT2D eigenvalue weighted by Gasteiger charge is -2.39. The number of nitrogens with one attached hydrogen (secondary N) is 1. The number of hydrogen-bond donors (Lipinski definition) is 2. The highest BCUT2D eigenvalue weighted by molar-refractivity contribution is 5.78. The molecule has 2 N–H and O–H groups in total. The second-order valence-corrected chi connectivity index (χ2v) is 6.45. The third-order valence-electron chi connectivity index (χ3n) is 4.44. The zero-order valence-corrected chi connectivity index (χ0v) is 12.4. The van der Waals surface area contributed by atoms with Gasteiger partial charge in [-0.2, -0.15) is 0 Å². The average molecular weight is 269 g/mol. The Hall–Kier alpha value is -0.650. The minimum atomic E-state index is -0.788.